The van der Waals surface area contributed by atoms with Gasteiger partial charge < -0.3 is 4.74 Å². The quantitative estimate of drug-likeness (QED) is 0.646. The molecule has 0 fully saturated rings. The van der Waals surface area contributed by atoms with Gasteiger partial charge in [0, 0.05) is 0 Å². The summed E-state index contributed by atoms with van der Waals surface area (Å²) in [6.07, 6.45) is 3.60. The maximum absolute atomic E-state index is 5.05. The largest absolute Gasteiger partial charge is 0.501 e. The zero-order chi connectivity index (χ0) is 8.10. The third-order valence-corrected chi connectivity index (χ3v) is 2.04. The summed E-state index contributed by atoms with van der Waals surface area (Å²) in [6.45, 7) is 4.62. The van der Waals surface area contributed by atoms with E-state index >= 15 is 0 Å². The summed E-state index contributed by atoms with van der Waals surface area (Å²) in [7, 11) is 0. The number of thiazole rings is 1. The molecule has 0 atom stereocenters. The predicted octanol–water partition coefficient (Wildman–Crippen LogP) is 2.26. The molecule has 0 aliphatic heterocycles. The zero-order valence-corrected chi connectivity index (χ0v) is 7.44. The van der Waals surface area contributed by atoms with Crippen LogP contribution in [-0.2, 0) is 4.74 Å². The second-order valence-corrected chi connectivity index (χ2v) is 2.84. The van der Waals surface area contributed by atoms with Gasteiger partial charge in [-0.1, -0.05) is 0 Å². The Labute approximate surface area is 70.5 Å². The smallest absolute Gasteiger partial charge is 0.153 e. The van der Waals surface area contributed by atoms with Crippen LogP contribution in [0.4, 0.5) is 0 Å². The molecule has 1 radical (unpaired) electrons. The Hall–Kier alpha value is -0.830. The number of rotatable bonds is 3. The van der Waals surface area contributed by atoms with E-state index in [1.165, 1.54) is 11.3 Å². The van der Waals surface area contributed by atoms with Gasteiger partial charge in [0.2, 0.25) is 0 Å². The average Bonchev–Trinajstić information content (AvgIpc) is 2.37. The highest BCUT2D eigenvalue weighted by Crippen LogP contribution is 2.12. The Morgan fingerprint density at radius 3 is 3.09 bits per heavy atom. The van der Waals surface area contributed by atoms with Gasteiger partial charge in [0.1, 0.15) is 0 Å². The molecule has 1 aromatic heterocycles. The first-order valence-electron chi connectivity index (χ1n) is 3.46. The molecule has 0 aliphatic carbocycles. The van der Waals surface area contributed by atoms with Gasteiger partial charge in [-0.15, -0.1) is 11.3 Å². The van der Waals surface area contributed by atoms with E-state index in [0.717, 1.165) is 10.6 Å². The highest BCUT2D eigenvalue weighted by Gasteiger charge is 1.94. The molecule has 0 bridgehead atoms. The van der Waals surface area contributed by atoms with Gasteiger partial charge in [0.25, 0.3) is 0 Å². The highest BCUT2D eigenvalue weighted by atomic mass is 32.1. The summed E-state index contributed by atoms with van der Waals surface area (Å²) in [4.78, 5) is 5.09. The van der Waals surface area contributed by atoms with Gasteiger partial charge >= 0.3 is 0 Å². The summed E-state index contributed by atoms with van der Waals surface area (Å²) in [5, 5.41) is 0. The highest BCUT2D eigenvalue weighted by molar-refractivity contribution is 7.10. The van der Waals surface area contributed by atoms with Gasteiger partial charge in [-0.2, -0.15) is 0 Å². The molecule has 0 aliphatic rings. The zero-order valence-electron chi connectivity index (χ0n) is 6.63. The topological polar surface area (TPSA) is 22.1 Å². The molecule has 0 N–H and O–H groups in total. The molecule has 0 aromatic carbocycles. The van der Waals surface area contributed by atoms with E-state index in [2.05, 4.69) is 10.5 Å². The minimum absolute atomic E-state index is 0.706. The Kier molecular flexibility index (Phi) is 3.11. The molecule has 11 heavy (non-hydrogen) atoms. The lowest BCUT2D eigenvalue weighted by atomic mass is 10.4. The van der Waals surface area contributed by atoms with Crippen LogP contribution in [0.25, 0.3) is 6.08 Å². The minimum atomic E-state index is 0.706. The maximum atomic E-state index is 5.05. The van der Waals surface area contributed by atoms with Crippen molar-refractivity contribution in [1.29, 1.82) is 0 Å². The first kappa shape index (κ1) is 8.27. The molecule has 0 saturated carbocycles. The van der Waals surface area contributed by atoms with Crippen molar-refractivity contribution >= 4 is 17.4 Å². The molecule has 3 heteroatoms. The van der Waals surface area contributed by atoms with E-state index in [-0.39, 0.29) is 0 Å². The van der Waals surface area contributed by atoms with E-state index in [0.29, 0.717) is 6.61 Å². The molecular formula is C8H10NOS. The Morgan fingerprint density at radius 1 is 1.73 bits per heavy atom. The summed E-state index contributed by atoms with van der Waals surface area (Å²) in [5.41, 5.74) is 3.82. The van der Waals surface area contributed by atoms with E-state index in [4.69, 9.17) is 4.74 Å². The lowest BCUT2D eigenvalue weighted by molar-refractivity contribution is 0.272. The van der Waals surface area contributed by atoms with E-state index in [1.54, 1.807) is 6.26 Å². The van der Waals surface area contributed by atoms with Crippen LogP contribution in [0.3, 0.4) is 0 Å². The normalized spacial score (nSPS) is 10.7. The van der Waals surface area contributed by atoms with Crippen molar-refractivity contribution in [2.24, 2.45) is 0 Å². The van der Waals surface area contributed by atoms with Crippen LogP contribution >= 0.6 is 11.3 Å². The molecule has 0 amide bonds. The van der Waals surface area contributed by atoms with Crippen molar-refractivity contribution in [1.82, 2.24) is 4.98 Å². The molecule has 1 rings (SSSR count). The monoisotopic (exact) mass is 168 g/mol. The van der Waals surface area contributed by atoms with Crippen LogP contribution < -0.4 is 0 Å². The fourth-order valence-corrected chi connectivity index (χ4v) is 1.23. The maximum Gasteiger partial charge on any atom is 0.153 e. The lowest BCUT2D eigenvalue weighted by Crippen LogP contribution is -1.77. The second kappa shape index (κ2) is 4.13. The molecule has 0 unspecified atom stereocenters. The number of hydrogen-bond donors (Lipinski definition) is 0. The minimum Gasteiger partial charge on any atom is -0.501 e. The number of aryl methyl sites for hydroxylation is 1. The predicted molar refractivity (Wildman–Crippen MR) is 46.3 cm³/mol. The van der Waals surface area contributed by atoms with Crippen molar-refractivity contribution in [3.63, 3.8) is 0 Å². The molecular weight excluding hydrogens is 158 g/mol. The average molecular weight is 168 g/mol. The Balaban J connectivity index is 2.56. The molecule has 59 valence electrons. The Bertz CT molecular complexity index is 242. The van der Waals surface area contributed by atoms with Gasteiger partial charge in [-0.3, -0.25) is 0 Å². The Morgan fingerprint density at radius 2 is 2.55 bits per heavy atom. The molecule has 1 heterocycles. The van der Waals surface area contributed by atoms with Gasteiger partial charge in [-0.05, 0) is 19.9 Å². The standard InChI is InChI=1S/C8H10NOS/c1-3-10-5-4-8-7(2)9-6-11-8/h4-5H,3H2,1-2H3. The van der Waals surface area contributed by atoms with Gasteiger partial charge in [0.15, 0.2) is 5.51 Å². The lowest BCUT2D eigenvalue weighted by Gasteiger charge is -1.91. The summed E-state index contributed by atoms with van der Waals surface area (Å²) >= 11 is 1.50. The van der Waals surface area contributed by atoms with E-state index in [1.807, 2.05) is 19.9 Å². The summed E-state index contributed by atoms with van der Waals surface area (Å²) in [5.74, 6) is 0. The third kappa shape index (κ3) is 2.35. The van der Waals surface area contributed by atoms with Gasteiger partial charge in [0.05, 0.1) is 23.4 Å². The van der Waals surface area contributed by atoms with Crippen LogP contribution in [0.2, 0.25) is 0 Å². The number of hydrogen-bond acceptors (Lipinski definition) is 3. The summed E-state index contributed by atoms with van der Waals surface area (Å²) in [6, 6.07) is 0. The van der Waals surface area contributed by atoms with Crippen molar-refractivity contribution in [3.8, 4) is 0 Å². The summed E-state index contributed by atoms with van der Waals surface area (Å²) < 4.78 is 5.05. The van der Waals surface area contributed by atoms with Crippen molar-refractivity contribution in [3.05, 3.63) is 22.3 Å². The molecule has 2 nitrogen and oxygen atoms in total. The number of aromatic nitrogens is 1. The first-order valence-corrected chi connectivity index (χ1v) is 4.28. The van der Waals surface area contributed by atoms with Gasteiger partial charge in [-0.25, -0.2) is 4.98 Å². The van der Waals surface area contributed by atoms with Crippen LogP contribution in [0.5, 0.6) is 0 Å². The SMILES string of the molecule is CCOC=Cc1s[c]nc1C. The van der Waals surface area contributed by atoms with Crippen LogP contribution in [0.15, 0.2) is 6.26 Å². The van der Waals surface area contributed by atoms with Crippen molar-refractivity contribution in [2.45, 2.75) is 13.8 Å². The molecule has 1 aromatic rings. The van der Waals surface area contributed by atoms with Crippen molar-refractivity contribution in [2.75, 3.05) is 6.61 Å². The van der Waals surface area contributed by atoms with Crippen LogP contribution in [0.1, 0.15) is 17.5 Å². The fourth-order valence-electron chi connectivity index (χ4n) is 0.630. The number of ether oxygens (including phenoxy) is 1. The third-order valence-electron chi connectivity index (χ3n) is 1.21. The fraction of sp³-hybridized carbons (Fsp3) is 0.375. The van der Waals surface area contributed by atoms with Crippen LogP contribution in [-0.4, -0.2) is 11.6 Å². The van der Waals surface area contributed by atoms with E-state index < -0.39 is 0 Å². The number of nitrogens with zero attached hydrogens (tertiary/aromatic N) is 1. The van der Waals surface area contributed by atoms with Crippen LogP contribution in [0, 0.1) is 12.4 Å². The first-order chi connectivity index (χ1) is 5.34. The second-order valence-electron chi connectivity index (χ2n) is 2.01. The molecule has 0 spiro atoms. The molecule has 0 saturated heterocycles. The van der Waals surface area contributed by atoms with E-state index in [9.17, 15) is 0 Å². The van der Waals surface area contributed by atoms with Crippen molar-refractivity contribution < 1.29 is 4.74 Å².